The summed E-state index contributed by atoms with van der Waals surface area (Å²) in [6, 6.07) is 7.54. The highest BCUT2D eigenvalue weighted by molar-refractivity contribution is 7.20. The van der Waals surface area contributed by atoms with Crippen LogP contribution in [0.2, 0.25) is 0 Å². The van der Waals surface area contributed by atoms with Gasteiger partial charge >= 0.3 is 0 Å². The number of fused-ring (bicyclic) bond motifs is 1. The largest absolute Gasteiger partial charge is 0.323 e. The van der Waals surface area contributed by atoms with E-state index in [1.54, 1.807) is 0 Å². The van der Waals surface area contributed by atoms with Gasteiger partial charge in [-0.15, -0.1) is 11.3 Å². The van der Waals surface area contributed by atoms with Crippen molar-refractivity contribution in [3.8, 4) is 5.69 Å². The van der Waals surface area contributed by atoms with Crippen LogP contribution in [0.5, 0.6) is 0 Å². The predicted octanol–water partition coefficient (Wildman–Crippen LogP) is 1.86. The fraction of sp³-hybridized carbons (Fsp3) is 0.0667. The topological polar surface area (TPSA) is 90.3 Å². The number of rotatable bonds is 3. The van der Waals surface area contributed by atoms with Crippen LogP contribution >= 0.6 is 11.3 Å². The van der Waals surface area contributed by atoms with E-state index in [1.807, 2.05) is 31.2 Å². The summed E-state index contributed by atoms with van der Waals surface area (Å²) in [4.78, 5) is 28.7. The normalized spacial score (nSPS) is 11.3. The van der Waals surface area contributed by atoms with Crippen molar-refractivity contribution < 1.29 is 4.79 Å². The molecule has 0 aliphatic heterocycles. The zero-order chi connectivity index (χ0) is 15.7. The molecule has 0 radical (unpaired) electrons. The summed E-state index contributed by atoms with van der Waals surface area (Å²) in [6.45, 7) is 1.97. The number of hydrazone groups is 1. The number of aromatic nitrogens is 2. The summed E-state index contributed by atoms with van der Waals surface area (Å²) in [5.41, 5.74) is 2.32. The van der Waals surface area contributed by atoms with Gasteiger partial charge in [0.05, 0.1) is 27.9 Å². The molecule has 2 N–H and O–H groups in total. The molecule has 22 heavy (non-hydrogen) atoms. The van der Waals surface area contributed by atoms with Gasteiger partial charge in [0.2, 0.25) is 0 Å². The van der Waals surface area contributed by atoms with Gasteiger partial charge in [0.1, 0.15) is 11.0 Å². The van der Waals surface area contributed by atoms with E-state index in [0.717, 1.165) is 22.6 Å². The number of nitrogens with zero attached hydrogens (tertiary/aromatic N) is 3. The Labute approximate surface area is 129 Å². The summed E-state index contributed by atoms with van der Waals surface area (Å²) >= 11 is 1.16. The first-order valence-corrected chi connectivity index (χ1v) is 7.27. The first kappa shape index (κ1) is 14.2. The third kappa shape index (κ3) is 2.21. The number of thiophene rings is 1. The van der Waals surface area contributed by atoms with Crippen molar-refractivity contribution in [2.24, 2.45) is 10.9 Å². The van der Waals surface area contributed by atoms with E-state index in [2.05, 4.69) is 10.1 Å². The minimum Gasteiger partial charge on any atom is -0.323 e. The van der Waals surface area contributed by atoms with Crippen LogP contribution in [0.4, 0.5) is 0 Å². The van der Waals surface area contributed by atoms with Crippen LogP contribution in [0.25, 0.3) is 15.9 Å². The molecule has 0 amide bonds. The number of benzene rings is 1. The van der Waals surface area contributed by atoms with E-state index in [1.165, 1.54) is 17.1 Å². The second-order valence-electron chi connectivity index (χ2n) is 4.71. The quantitative estimate of drug-likeness (QED) is 0.346. The van der Waals surface area contributed by atoms with E-state index >= 15 is 0 Å². The van der Waals surface area contributed by atoms with Crippen LogP contribution in [-0.2, 0) is 0 Å². The Kier molecular flexibility index (Phi) is 3.56. The minimum atomic E-state index is -0.223. The van der Waals surface area contributed by atoms with Gasteiger partial charge in [0.15, 0.2) is 6.29 Å². The Bertz CT molecular complexity index is 939. The highest BCUT2D eigenvalue weighted by atomic mass is 32.1. The summed E-state index contributed by atoms with van der Waals surface area (Å²) in [7, 11) is 0. The van der Waals surface area contributed by atoms with Crippen LogP contribution in [0.3, 0.4) is 0 Å². The van der Waals surface area contributed by atoms with Crippen LogP contribution in [-0.4, -0.2) is 22.1 Å². The minimum absolute atomic E-state index is 0.223. The van der Waals surface area contributed by atoms with Crippen LogP contribution < -0.4 is 11.4 Å². The lowest BCUT2D eigenvalue weighted by Gasteiger charge is -2.05. The number of hydrogen-bond donors (Lipinski definition) is 1. The summed E-state index contributed by atoms with van der Waals surface area (Å²) in [6.07, 6.45) is 3.45. The Morgan fingerprint density at radius 1 is 1.32 bits per heavy atom. The van der Waals surface area contributed by atoms with E-state index in [4.69, 9.17) is 5.84 Å². The predicted molar refractivity (Wildman–Crippen MR) is 87.1 cm³/mol. The van der Waals surface area contributed by atoms with Gasteiger partial charge in [-0.3, -0.25) is 14.2 Å². The maximum atomic E-state index is 12.6. The Balaban J connectivity index is 2.28. The second kappa shape index (κ2) is 5.53. The lowest BCUT2D eigenvalue weighted by molar-refractivity contribution is 0.112. The standard InChI is InChI=1S/C15H12N4O2S/c1-9-2-4-10(5-3-9)19-8-17-13-11(7-20)12(6-18-16)22-14(13)15(19)21/h2-8H,16H2,1H3/b18-6-. The van der Waals surface area contributed by atoms with E-state index in [9.17, 15) is 9.59 Å². The first-order chi connectivity index (χ1) is 10.7. The highest BCUT2D eigenvalue weighted by Gasteiger charge is 2.16. The first-order valence-electron chi connectivity index (χ1n) is 6.45. The van der Waals surface area contributed by atoms with Crippen molar-refractivity contribution in [3.63, 3.8) is 0 Å². The van der Waals surface area contributed by atoms with Gasteiger partial charge in [-0.1, -0.05) is 17.7 Å². The van der Waals surface area contributed by atoms with Crippen molar-refractivity contribution in [3.05, 3.63) is 57.0 Å². The average Bonchev–Trinajstić information content (AvgIpc) is 2.87. The molecule has 6 nitrogen and oxygen atoms in total. The highest BCUT2D eigenvalue weighted by Crippen LogP contribution is 2.25. The van der Waals surface area contributed by atoms with E-state index < -0.39 is 0 Å². The zero-order valence-corrected chi connectivity index (χ0v) is 12.5. The Hall–Kier alpha value is -2.80. The van der Waals surface area contributed by atoms with Crippen LogP contribution in [0.1, 0.15) is 20.8 Å². The molecule has 0 bridgehead atoms. The molecule has 2 heterocycles. The van der Waals surface area contributed by atoms with Gasteiger partial charge in [0.25, 0.3) is 5.56 Å². The monoisotopic (exact) mass is 312 g/mol. The van der Waals surface area contributed by atoms with Gasteiger partial charge in [-0.2, -0.15) is 5.10 Å². The van der Waals surface area contributed by atoms with E-state index in [0.29, 0.717) is 26.9 Å². The molecular weight excluding hydrogens is 300 g/mol. The lowest BCUT2D eigenvalue weighted by Crippen LogP contribution is -2.17. The summed E-state index contributed by atoms with van der Waals surface area (Å²) in [5, 5.41) is 3.42. The molecule has 3 rings (SSSR count). The molecule has 0 saturated carbocycles. The zero-order valence-electron chi connectivity index (χ0n) is 11.7. The van der Waals surface area contributed by atoms with Crippen molar-refractivity contribution >= 4 is 34.1 Å². The Morgan fingerprint density at radius 3 is 2.68 bits per heavy atom. The SMILES string of the molecule is Cc1ccc(-n2cnc3c(C=O)c(/C=N\N)sc3c2=O)cc1. The van der Waals surface area contributed by atoms with E-state index in [-0.39, 0.29) is 5.56 Å². The molecule has 0 atom stereocenters. The van der Waals surface area contributed by atoms with Crippen LogP contribution in [0, 0.1) is 6.92 Å². The number of nitrogens with two attached hydrogens (primary N) is 1. The van der Waals surface area contributed by atoms with Crippen molar-refractivity contribution in [2.75, 3.05) is 0 Å². The Morgan fingerprint density at radius 2 is 2.05 bits per heavy atom. The number of carbonyl (C=O) groups is 1. The average molecular weight is 312 g/mol. The molecule has 0 fully saturated rings. The fourth-order valence-corrected chi connectivity index (χ4v) is 3.20. The van der Waals surface area contributed by atoms with Gasteiger partial charge < -0.3 is 5.84 Å². The molecule has 1 aromatic carbocycles. The molecular formula is C15H12N4O2S. The molecule has 7 heteroatoms. The van der Waals surface area contributed by atoms with Gasteiger partial charge in [-0.25, -0.2) is 4.98 Å². The lowest BCUT2D eigenvalue weighted by atomic mass is 10.2. The third-order valence-electron chi connectivity index (χ3n) is 3.28. The number of aldehydes is 1. The number of aryl methyl sites for hydroxylation is 1. The number of carbonyl (C=O) groups excluding carboxylic acids is 1. The maximum absolute atomic E-state index is 12.6. The molecule has 110 valence electrons. The second-order valence-corrected chi connectivity index (χ2v) is 5.76. The molecule has 0 saturated heterocycles. The molecule has 0 spiro atoms. The molecule has 0 aliphatic carbocycles. The summed E-state index contributed by atoms with van der Waals surface area (Å²) in [5.74, 6) is 5.14. The summed E-state index contributed by atoms with van der Waals surface area (Å²) < 4.78 is 1.86. The molecule has 0 unspecified atom stereocenters. The van der Waals surface area contributed by atoms with Gasteiger partial charge in [-0.05, 0) is 19.1 Å². The van der Waals surface area contributed by atoms with Gasteiger partial charge in [0, 0.05) is 0 Å². The number of hydrogen-bond acceptors (Lipinski definition) is 6. The fourth-order valence-electron chi connectivity index (χ4n) is 2.17. The third-order valence-corrected chi connectivity index (χ3v) is 4.40. The molecule has 0 aliphatic rings. The van der Waals surface area contributed by atoms with Crippen molar-refractivity contribution in [1.29, 1.82) is 0 Å². The van der Waals surface area contributed by atoms with Crippen molar-refractivity contribution in [1.82, 2.24) is 9.55 Å². The molecule has 3 aromatic rings. The van der Waals surface area contributed by atoms with Crippen LogP contribution in [0.15, 0.2) is 40.5 Å². The smallest absolute Gasteiger partial charge is 0.275 e. The molecule has 2 aromatic heterocycles. The van der Waals surface area contributed by atoms with Crippen molar-refractivity contribution in [2.45, 2.75) is 6.92 Å². The maximum Gasteiger partial charge on any atom is 0.275 e.